The molecule has 1 N–H and O–H groups in total. The molecular formula is C12H18O2. The minimum Gasteiger partial charge on any atom is -0.386 e. The highest BCUT2D eigenvalue weighted by Crippen LogP contribution is 2.28. The van der Waals surface area contributed by atoms with Crippen LogP contribution < -0.4 is 0 Å². The summed E-state index contributed by atoms with van der Waals surface area (Å²) < 4.78 is 5.26. The summed E-state index contributed by atoms with van der Waals surface area (Å²) in [5.41, 5.74) is 1.15. The van der Waals surface area contributed by atoms with Gasteiger partial charge in [-0.2, -0.15) is 0 Å². The summed E-state index contributed by atoms with van der Waals surface area (Å²) in [5.74, 6) is 0. The number of ether oxygens (including phenoxy) is 1. The number of rotatable bonds is 3. The summed E-state index contributed by atoms with van der Waals surface area (Å²) in [5, 5.41) is 9.96. The number of methoxy groups -OCH3 is 1. The summed E-state index contributed by atoms with van der Waals surface area (Å²) in [6.45, 7) is 5.55. The van der Waals surface area contributed by atoms with E-state index in [4.69, 9.17) is 4.74 Å². The number of hydrogen-bond donors (Lipinski definition) is 1. The Morgan fingerprint density at radius 3 is 2.36 bits per heavy atom. The number of hydrogen-bond acceptors (Lipinski definition) is 2. The fraction of sp³-hybridized carbons (Fsp3) is 0.500. The van der Waals surface area contributed by atoms with Crippen LogP contribution in [0.1, 0.15) is 38.0 Å². The summed E-state index contributed by atoms with van der Waals surface area (Å²) in [6, 6.07) is 7.81. The van der Waals surface area contributed by atoms with Crippen LogP contribution in [0.3, 0.4) is 0 Å². The fourth-order valence-corrected chi connectivity index (χ4v) is 1.54. The Kier molecular flexibility index (Phi) is 3.29. The van der Waals surface area contributed by atoms with Crippen molar-refractivity contribution in [1.82, 2.24) is 0 Å². The summed E-state index contributed by atoms with van der Waals surface area (Å²) in [6.07, 6.45) is 0.0117. The maximum Gasteiger partial charge on any atom is 0.0844 e. The molecule has 0 bridgehead atoms. The summed E-state index contributed by atoms with van der Waals surface area (Å²) >= 11 is 0. The molecule has 1 aromatic carbocycles. The van der Waals surface area contributed by atoms with Gasteiger partial charge in [0.25, 0.3) is 0 Å². The predicted octanol–water partition coefficient (Wildman–Crippen LogP) is 2.62. The second kappa shape index (κ2) is 4.11. The second-order valence-electron chi connectivity index (χ2n) is 4.02. The minimum atomic E-state index is -0.816. The van der Waals surface area contributed by atoms with E-state index in [1.54, 1.807) is 21.0 Å². The molecule has 1 unspecified atom stereocenters. The van der Waals surface area contributed by atoms with E-state index in [0.29, 0.717) is 0 Å². The standard InChI is InChI=1S/C12H18O2/c1-9(14-4)10-7-5-6-8-11(10)12(2,3)13/h5-9,13H,1-4H3. The summed E-state index contributed by atoms with van der Waals surface area (Å²) in [4.78, 5) is 0. The van der Waals surface area contributed by atoms with Crippen LogP contribution in [0, 0.1) is 0 Å². The molecule has 78 valence electrons. The van der Waals surface area contributed by atoms with Crippen molar-refractivity contribution in [1.29, 1.82) is 0 Å². The van der Waals surface area contributed by atoms with Gasteiger partial charge in [-0.1, -0.05) is 24.3 Å². The lowest BCUT2D eigenvalue weighted by molar-refractivity contribution is 0.0688. The van der Waals surface area contributed by atoms with E-state index in [0.717, 1.165) is 11.1 Å². The van der Waals surface area contributed by atoms with Gasteiger partial charge < -0.3 is 9.84 Å². The first-order valence-corrected chi connectivity index (χ1v) is 4.81. The molecule has 0 amide bonds. The molecule has 0 aliphatic carbocycles. The zero-order chi connectivity index (χ0) is 10.8. The molecule has 2 heteroatoms. The average Bonchev–Trinajstić information content (AvgIpc) is 2.15. The first kappa shape index (κ1) is 11.2. The zero-order valence-electron chi connectivity index (χ0n) is 9.24. The third-order valence-corrected chi connectivity index (χ3v) is 2.41. The third-order valence-electron chi connectivity index (χ3n) is 2.41. The van der Waals surface area contributed by atoms with Crippen LogP contribution in [0.2, 0.25) is 0 Å². The lowest BCUT2D eigenvalue weighted by atomic mass is 9.91. The molecule has 0 saturated heterocycles. The topological polar surface area (TPSA) is 29.5 Å². The third kappa shape index (κ3) is 2.34. The fourth-order valence-electron chi connectivity index (χ4n) is 1.54. The van der Waals surface area contributed by atoms with Crippen molar-refractivity contribution in [2.24, 2.45) is 0 Å². The van der Waals surface area contributed by atoms with Crippen molar-refractivity contribution in [2.75, 3.05) is 7.11 Å². The van der Waals surface area contributed by atoms with Crippen molar-refractivity contribution < 1.29 is 9.84 Å². The van der Waals surface area contributed by atoms with Crippen LogP contribution in [0.5, 0.6) is 0 Å². The molecule has 0 spiro atoms. The highest BCUT2D eigenvalue weighted by molar-refractivity contribution is 5.32. The quantitative estimate of drug-likeness (QED) is 0.801. The Hall–Kier alpha value is -0.860. The van der Waals surface area contributed by atoms with Crippen LogP contribution in [-0.2, 0) is 10.3 Å². The molecule has 2 nitrogen and oxygen atoms in total. The maximum absolute atomic E-state index is 9.96. The smallest absolute Gasteiger partial charge is 0.0844 e. The van der Waals surface area contributed by atoms with E-state index in [1.165, 1.54) is 0 Å². The van der Waals surface area contributed by atoms with E-state index < -0.39 is 5.60 Å². The lowest BCUT2D eigenvalue weighted by Crippen LogP contribution is -2.19. The second-order valence-corrected chi connectivity index (χ2v) is 4.02. The van der Waals surface area contributed by atoms with Crippen LogP contribution in [0.15, 0.2) is 24.3 Å². The molecular weight excluding hydrogens is 176 g/mol. The van der Waals surface area contributed by atoms with Crippen molar-refractivity contribution in [3.05, 3.63) is 35.4 Å². The molecule has 1 rings (SSSR count). The Morgan fingerprint density at radius 1 is 1.29 bits per heavy atom. The van der Waals surface area contributed by atoms with E-state index in [-0.39, 0.29) is 6.10 Å². The highest BCUT2D eigenvalue weighted by atomic mass is 16.5. The van der Waals surface area contributed by atoms with Gasteiger partial charge in [0.15, 0.2) is 0 Å². The Balaban J connectivity index is 3.16. The molecule has 0 aliphatic rings. The van der Waals surface area contributed by atoms with Gasteiger partial charge in [0.2, 0.25) is 0 Å². The Labute approximate surface area is 85.5 Å². The van der Waals surface area contributed by atoms with Crippen molar-refractivity contribution in [3.8, 4) is 0 Å². The molecule has 1 aromatic rings. The van der Waals surface area contributed by atoms with Crippen LogP contribution in [-0.4, -0.2) is 12.2 Å². The van der Waals surface area contributed by atoms with Gasteiger partial charge in [-0.05, 0) is 31.9 Å². The van der Waals surface area contributed by atoms with Gasteiger partial charge in [-0.3, -0.25) is 0 Å². The minimum absolute atomic E-state index is 0.0117. The number of benzene rings is 1. The molecule has 0 heterocycles. The van der Waals surface area contributed by atoms with Crippen molar-refractivity contribution in [2.45, 2.75) is 32.5 Å². The van der Waals surface area contributed by atoms with Gasteiger partial charge >= 0.3 is 0 Å². The average molecular weight is 194 g/mol. The van der Waals surface area contributed by atoms with Crippen molar-refractivity contribution >= 4 is 0 Å². The predicted molar refractivity (Wildman–Crippen MR) is 57.1 cm³/mol. The Bertz CT molecular complexity index is 299. The van der Waals surface area contributed by atoms with E-state index >= 15 is 0 Å². The molecule has 0 aliphatic heterocycles. The first-order valence-electron chi connectivity index (χ1n) is 4.81. The first-order chi connectivity index (χ1) is 6.46. The normalized spacial score (nSPS) is 14.1. The zero-order valence-corrected chi connectivity index (χ0v) is 9.24. The highest BCUT2D eigenvalue weighted by Gasteiger charge is 2.21. The molecule has 14 heavy (non-hydrogen) atoms. The van der Waals surface area contributed by atoms with E-state index in [9.17, 15) is 5.11 Å². The Morgan fingerprint density at radius 2 is 1.86 bits per heavy atom. The molecule has 1 atom stereocenters. The number of aliphatic hydroxyl groups is 1. The van der Waals surface area contributed by atoms with Crippen molar-refractivity contribution in [3.63, 3.8) is 0 Å². The lowest BCUT2D eigenvalue weighted by Gasteiger charge is -2.24. The van der Waals surface area contributed by atoms with Crippen LogP contribution in [0.4, 0.5) is 0 Å². The molecule has 0 radical (unpaired) electrons. The van der Waals surface area contributed by atoms with Crippen LogP contribution in [0.25, 0.3) is 0 Å². The van der Waals surface area contributed by atoms with Gasteiger partial charge in [0.1, 0.15) is 0 Å². The summed E-state index contributed by atoms with van der Waals surface area (Å²) in [7, 11) is 1.67. The molecule has 0 fully saturated rings. The molecule has 0 saturated carbocycles. The van der Waals surface area contributed by atoms with Gasteiger partial charge in [0, 0.05) is 7.11 Å². The molecule has 0 aromatic heterocycles. The maximum atomic E-state index is 9.96. The van der Waals surface area contributed by atoms with E-state index in [1.807, 2.05) is 31.2 Å². The van der Waals surface area contributed by atoms with Gasteiger partial charge in [-0.15, -0.1) is 0 Å². The van der Waals surface area contributed by atoms with E-state index in [2.05, 4.69) is 0 Å². The largest absolute Gasteiger partial charge is 0.386 e. The SMILES string of the molecule is COC(C)c1ccccc1C(C)(C)O. The van der Waals surface area contributed by atoms with Gasteiger partial charge in [0.05, 0.1) is 11.7 Å². The monoisotopic (exact) mass is 194 g/mol. The van der Waals surface area contributed by atoms with Crippen LogP contribution >= 0.6 is 0 Å². The van der Waals surface area contributed by atoms with Gasteiger partial charge in [-0.25, -0.2) is 0 Å².